The molecule has 0 aliphatic rings. The fourth-order valence-corrected chi connectivity index (χ4v) is 1.72. The highest BCUT2D eigenvalue weighted by Crippen LogP contribution is 2.05. The van der Waals surface area contributed by atoms with Gasteiger partial charge in [0.25, 0.3) is 5.91 Å². The molecule has 5 heteroatoms. The number of hydrogen-bond acceptors (Lipinski definition) is 4. The second-order valence-electron chi connectivity index (χ2n) is 5.15. The average molecular weight is 278 g/mol. The zero-order valence-electron chi connectivity index (χ0n) is 12.9. The number of carbonyl (C=O) groups excluding carboxylic acids is 1. The maximum absolute atomic E-state index is 11.9. The first-order valence-electron chi connectivity index (χ1n) is 7.23. The second kappa shape index (κ2) is 8.53. The highest BCUT2D eigenvalue weighted by atomic mass is 16.1. The van der Waals surface area contributed by atoms with E-state index in [1.807, 2.05) is 13.0 Å². The van der Waals surface area contributed by atoms with Crippen LogP contribution in [0.15, 0.2) is 18.3 Å². The Morgan fingerprint density at radius 1 is 1.40 bits per heavy atom. The Labute approximate surface area is 121 Å². The molecule has 0 saturated carbocycles. The Bertz CT molecular complexity index is 403. The van der Waals surface area contributed by atoms with E-state index in [1.165, 1.54) is 0 Å². The van der Waals surface area contributed by atoms with Crippen LogP contribution in [0.1, 0.15) is 37.7 Å². The summed E-state index contributed by atoms with van der Waals surface area (Å²) in [5.74, 6) is -0.111. The van der Waals surface area contributed by atoms with Gasteiger partial charge in [-0.25, -0.2) is 4.98 Å². The Hall–Kier alpha value is -1.62. The molecule has 5 nitrogen and oxygen atoms in total. The van der Waals surface area contributed by atoms with E-state index in [9.17, 15) is 4.79 Å². The lowest BCUT2D eigenvalue weighted by Gasteiger charge is -2.20. The van der Waals surface area contributed by atoms with Gasteiger partial charge in [0, 0.05) is 19.1 Å². The zero-order chi connectivity index (χ0) is 15.0. The molecular weight excluding hydrogens is 252 g/mol. The third-order valence-electron chi connectivity index (χ3n) is 3.23. The topological polar surface area (TPSA) is 57.3 Å². The molecule has 20 heavy (non-hydrogen) atoms. The van der Waals surface area contributed by atoms with Crippen molar-refractivity contribution in [3.8, 4) is 0 Å². The number of carbonyl (C=O) groups is 1. The SMILES string of the molecule is CCNc1ccc(C(=O)NCCCN(C)C(C)C)nc1. The molecule has 112 valence electrons. The molecule has 0 aromatic carbocycles. The first-order chi connectivity index (χ1) is 9.54. The van der Waals surface area contributed by atoms with E-state index in [0.29, 0.717) is 18.3 Å². The number of nitrogens with zero attached hydrogens (tertiary/aromatic N) is 2. The van der Waals surface area contributed by atoms with Crippen LogP contribution in [-0.2, 0) is 0 Å². The predicted molar refractivity (Wildman–Crippen MR) is 83.1 cm³/mol. The van der Waals surface area contributed by atoms with Crippen LogP contribution in [0.4, 0.5) is 5.69 Å². The van der Waals surface area contributed by atoms with Crippen LogP contribution in [0.25, 0.3) is 0 Å². The molecule has 0 unspecified atom stereocenters. The molecule has 1 aromatic heterocycles. The minimum Gasteiger partial charge on any atom is -0.384 e. The molecular formula is C15H26N4O. The van der Waals surface area contributed by atoms with Gasteiger partial charge in [-0.2, -0.15) is 0 Å². The van der Waals surface area contributed by atoms with Crippen LogP contribution in [0, 0.1) is 0 Å². The summed E-state index contributed by atoms with van der Waals surface area (Å²) < 4.78 is 0. The van der Waals surface area contributed by atoms with Gasteiger partial charge in [-0.05, 0) is 52.9 Å². The van der Waals surface area contributed by atoms with Gasteiger partial charge in [-0.1, -0.05) is 0 Å². The highest BCUT2D eigenvalue weighted by Gasteiger charge is 2.07. The Morgan fingerprint density at radius 3 is 2.70 bits per heavy atom. The lowest BCUT2D eigenvalue weighted by molar-refractivity contribution is 0.0946. The number of pyridine rings is 1. The maximum Gasteiger partial charge on any atom is 0.269 e. The molecule has 1 amide bonds. The van der Waals surface area contributed by atoms with Crippen molar-refractivity contribution in [2.24, 2.45) is 0 Å². The van der Waals surface area contributed by atoms with Gasteiger partial charge in [0.15, 0.2) is 0 Å². The molecule has 0 saturated heterocycles. The van der Waals surface area contributed by atoms with E-state index in [-0.39, 0.29) is 5.91 Å². The Kier molecular flexibility index (Phi) is 7.01. The molecule has 0 aliphatic heterocycles. The van der Waals surface area contributed by atoms with Crippen LogP contribution in [0.3, 0.4) is 0 Å². The summed E-state index contributed by atoms with van der Waals surface area (Å²) >= 11 is 0. The van der Waals surface area contributed by atoms with E-state index in [0.717, 1.165) is 25.2 Å². The van der Waals surface area contributed by atoms with Gasteiger partial charge in [0.1, 0.15) is 5.69 Å². The number of hydrogen-bond donors (Lipinski definition) is 2. The number of rotatable bonds is 8. The minimum atomic E-state index is -0.111. The maximum atomic E-state index is 11.9. The van der Waals surface area contributed by atoms with Crippen LogP contribution in [0.5, 0.6) is 0 Å². The summed E-state index contributed by atoms with van der Waals surface area (Å²) in [6, 6.07) is 4.15. The number of amides is 1. The van der Waals surface area contributed by atoms with Crippen LogP contribution < -0.4 is 10.6 Å². The molecule has 0 fully saturated rings. The third-order valence-corrected chi connectivity index (χ3v) is 3.23. The molecule has 0 radical (unpaired) electrons. The van der Waals surface area contributed by atoms with Crippen molar-refractivity contribution in [1.82, 2.24) is 15.2 Å². The van der Waals surface area contributed by atoms with Crippen molar-refractivity contribution in [2.75, 3.05) is 32.0 Å². The summed E-state index contributed by atoms with van der Waals surface area (Å²) in [6.45, 7) is 8.84. The highest BCUT2D eigenvalue weighted by molar-refractivity contribution is 5.92. The average Bonchev–Trinajstić information content (AvgIpc) is 2.44. The quantitative estimate of drug-likeness (QED) is 0.714. The number of anilines is 1. The standard InChI is InChI=1S/C15H26N4O/c1-5-16-13-7-8-14(18-11-13)15(20)17-9-6-10-19(4)12(2)3/h7-8,11-12,16H,5-6,9-10H2,1-4H3,(H,17,20). The Morgan fingerprint density at radius 2 is 2.15 bits per heavy atom. The summed E-state index contributed by atoms with van der Waals surface area (Å²) in [4.78, 5) is 18.3. The lowest BCUT2D eigenvalue weighted by atomic mass is 10.3. The molecule has 0 spiro atoms. The van der Waals surface area contributed by atoms with Crippen molar-refractivity contribution in [3.05, 3.63) is 24.0 Å². The smallest absolute Gasteiger partial charge is 0.269 e. The van der Waals surface area contributed by atoms with Crippen molar-refractivity contribution in [3.63, 3.8) is 0 Å². The number of aromatic nitrogens is 1. The first-order valence-corrected chi connectivity index (χ1v) is 7.23. The Balaban J connectivity index is 2.32. The van der Waals surface area contributed by atoms with E-state index in [2.05, 4.69) is 41.4 Å². The lowest BCUT2D eigenvalue weighted by Crippen LogP contribution is -2.31. The monoisotopic (exact) mass is 278 g/mol. The van der Waals surface area contributed by atoms with Gasteiger partial charge in [-0.3, -0.25) is 4.79 Å². The zero-order valence-corrected chi connectivity index (χ0v) is 12.9. The summed E-state index contributed by atoms with van der Waals surface area (Å²) in [7, 11) is 2.09. The van der Waals surface area contributed by atoms with Crippen molar-refractivity contribution < 1.29 is 4.79 Å². The first kappa shape index (κ1) is 16.4. The van der Waals surface area contributed by atoms with Crippen molar-refractivity contribution in [2.45, 2.75) is 33.2 Å². The molecule has 0 atom stereocenters. The van der Waals surface area contributed by atoms with Gasteiger partial charge in [0.05, 0.1) is 11.9 Å². The molecule has 0 aliphatic carbocycles. The largest absolute Gasteiger partial charge is 0.384 e. The summed E-state index contributed by atoms with van der Waals surface area (Å²) in [5.41, 5.74) is 1.39. The summed E-state index contributed by atoms with van der Waals surface area (Å²) in [6.07, 6.45) is 2.63. The number of nitrogens with one attached hydrogen (secondary N) is 2. The van der Waals surface area contributed by atoms with E-state index in [1.54, 1.807) is 12.3 Å². The van der Waals surface area contributed by atoms with Crippen molar-refractivity contribution >= 4 is 11.6 Å². The van der Waals surface area contributed by atoms with Gasteiger partial charge >= 0.3 is 0 Å². The van der Waals surface area contributed by atoms with E-state index >= 15 is 0 Å². The van der Waals surface area contributed by atoms with Crippen LogP contribution >= 0.6 is 0 Å². The van der Waals surface area contributed by atoms with E-state index < -0.39 is 0 Å². The fraction of sp³-hybridized carbons (Fsp3) is 0.600. The molecule has 0 bridgehead atoms. The van der Waals surface area contributed by atoms with Gasteiger partial charge in [-0.15, -0.1) is 0 Å². The molecule has 2 N–H and O–H groups in total. The van der Waals surface area contributed by atoms with Crippen LogP contribution in [-0.4, -0.2) is 48.5 Å². The molecule has 1 rings (SSSR count). The molecule has 1 aromatic rings. The fourth-order valence-electron chi connectivity index (χ4n) is 1.72. The van der Waals surface area contributed by atoms with Gasteiger partial charge in [0.2, 0.25) is 0 Å². The predicted octanol–water partition coefficient (Wildman–Crippen LogP) is 1.97. The van der Waals surface area contributed by atoms with Crippen LogP contribution in [0.2, 0.25) is 0 Å². The third kappa shape index (κ3) is 5.57. The normalized spacial score (nSPS) is 10.9. The van der Waals surface area contributed by atoms with E-state index in [4.69, 9.17) is 0 Å². The van der Waals surface area contributed by atoms with Crippen molar-refractivity contribution in [1.29, 1.82) is 0 Å². The van der Waals surface area contributed by atoms with Gasteiger partial charge < -0.3 is 15.5 Å². The molecule has 1 heterocycles. The summed E-state index contributed by atoms with van der Waals surface area (Å²) in [5, 5.41) is 6.05. The second-order valence-corrected chi connectivity index (χ2v) is 5.15. The minimum absolute atomic E-state index is 0.111.